The van der Waals surface area contributed by atoms with Crippen molar-refractivity contribution >= 4 is 11.6 Å². The monoisotopic (exact) mass is 216 g/mol. The van der Waals surface area contributed by atoms with Crippen LogP contribution in [-0.2, 0) is 12.3 Å². The van der Waals surface area contributed by atoms with Crippen LogP contribution >= 0.6 is 11.6 Å². The molecule has 0 amide bonds. The Hall–Kier alpha value is -0.760. The zero-order chi connectivity index (χ0) is 10.6. The number of methoxy groups -OCH3 is 1. The Bertz CT molecular complexity index is 312. The third-order valence-corrected chi connectivity index (χ3v) is 2.40. The fourth-order valence-corrected chi connectivity index (χ4v) is 1.60. The van der Waals surface area contributed by atoms with Gasteiger partial charge < -0.3 is 4.74 Å². The zero-order valence-corrected chi connectivity index (χ0v) is 9.20. The Balaban J connectivity index is 3.09. The summed E-state index contributed by atoms with van der Waals surface area (Å²) < 4.78 is 18.6. The first-order valence-electron chi connectivity index (χ1n) is 4.64. The van der Waals surface area contributed by atoms with Crippen LogP contribution in [0.25, 0.3) is 0 Å². The molecular weight excluding hydrogens is 203 g/mol. The lowest BCUT2D eigenvalue weighted by molar-refractivity contribution is 0.409. The molecule has 0 spiro atoms. The smallest absolute Gasteiger partial charge is 0.126 e. The number of alkyl halides is 1. The van der Waals surface area contributed by atoms with Crippen LogP contribution in [0.3, 0.4) is 0 Å². The van der Waals surface area contributed by atoms with Crippen LogP contribution in [0.5, 0.6) is 5.75 Å². The van der Waals surface area contributed by atoms with Crippen molar-refractivity contribution in [2.45, 2.75) is 25.6 Å². The molecule has 0 atom stereocenters. The van der Waals surface area contributed by atoms with Crippen LogP contribution in [0.1, 0.15) is 24.5 Å². The molecule has 0 aliphatic heterocycles. The maximum atomic E-state index is 13.4. The molecule has 0 radical (unpaired) electrons. The first kappa shape index (κ1) is 11.3. The predicted molar refractivity (Wildman–Crippen MR) is 56.5 cm³/mol. The molecule has 14 heavy (non-hydrogen) atoms. The van der Waals surface area contributed by atoms with Crippen LogP contribution in [0.15, 0.2) is 12.1 Å². The average Bonchev–Trinajstić information content (AvgIpc) is 2.20. The maximum absolute atomic E-state index is 13.4. The van der Waals surface area contributed by atoms with Crippen LogP contribution in [0.4, 0.5) is 4.39 Å². The molecule has 3 heteroatoms. The highest BCUT2D eigenvalue weighted by atomic mass is 35.5. The van der Waals surface area contributed by atoms with E-state index in [1.165, 1.54) is 6.07 Å². The topological polar surface area (TPSA) is 9.23 Å². The van der Waals surface area contributed by atoms with Gasteiger partial charge in [0.2, 0.25) is 0 Å². The standard InChI is InChI=1S/C11H14ClFO/c1-3-4-8-6-11(14-2)9(7-12)5-10(8)13/h5-6H,3-4,7H2,1-2H3. The molecule has 0 unspecified atom stereocenters. The van der Waals surface area contributed by atoms with Gasteiger partial charge >= 0.3 is 0 Å². The zero-order valence-electron chi connectivity index (χ0n) is 8.44. The summed E-state index contributed by atoms with van der Waals surface area (Å²) >= 11 is 5.67. The lowest BCUT2D eigenvalue weighted by atomic mass is 10.1. The van der Waals surface area contributed by atoms with E-state index in [1.807, 2.05) is 6.92 Å². The summed E-state index contributed by atoms with van der Waals surface area (Å²) in [7, 11) is 1.57. The minimum Gasteiger partial charge on any atom is -0.496 e. The van der Waals surface area contributed by atoms with Gasteiger partial charge in [0.15, 0.2) is 0 Å². The van der Waals surface area contributed by atoms with Gasteiger partial charge in [-0.1, -0.05) is 13.3 Å². The van der Waals surface area contributed by atoms with Gasteiger partial charge in [0.1, 0.15) is 11.6 Å². The second-order valence-electron chi connectivity index (χ2n) is 3.14. The van der Waals surface area contributed by atoms with Crippen molar-refractivity contribution < 1.29 is 9.13 Å². The molecule has 1 aromatic rings. The van der Waals surface area contributed by atoms with E-state index in [2.05, 4.69) is 0 Å². The molecule has 0 heterocycles. The van der Waals surface area contributed by atoms with E-state index in [1.54, 1.807) is 13.2 Å². The summed E-state index contributed by atoms with van der Waals surface area (Å²) in [6.07, 6.45) is 1.64. The number of benzene rings is 1. The van der Waals surface area contributed by atoms with Gasteiger partial charge in [-0.2, -0.15) is 0 Å². The molecule has 1 rings (SSSR count). The molecule has 0 N–H and O–H groups in total. The first-order chi connectivity index (χ1) is 6.72. The first-order valence-corrected chi connectivity index (χ1v) is 5.17. The van der Waals surface area contributed by atoms with Gasteiger partial charge in [0.25, 0.3) is 0 Å². The van der Waals surface area contributed by atoms with Crippen LogP contribution in [0.2, 0.25) is 0 Å². The van der Waals surface area contributed by atoms with Crippen molar-refractivity contribution in [1.82, 2.24) is 0 Å². The number of halogens is 2. The highest BCUT2D eigenvalue weighted by Gasteiger charge is 2.08. The van der Waals surface area contributed by atoms with Crippen molar-refractivity contribution in [1.29, 1.82) is 0 Å². The van der Waals surface area contributed by atoms with Crippen LogP contribution in [-0.4, -0.2) is 7.11 Å². The largest absolute Gasteiger partial charge is 0.496 e. The second kappa shape index (κ2) is 5.20. The number of ether oxygens (including phenoxy) is 1. The summed E-state index contributed by atoms with van der Waals surface area (Å²) in [5.41, 5.74) is 1.39. The van der Waals surface area contributed by atoms with Gasteiger partial charge in [-0.3, -0.25) is 0 Å². The normalized spacial score (nSPS) is 10.3. The van der Waals surface area contributed by atoms with E-state index in [9.17, 15) is 4.39 Å². The van der Waals surface area contributed by atoms with Crippen LogP contribution in [0, 0.1) is 5.82 Å². The fourth-order valence-electron chi connectivity index (χ4n) is 1.39. The minimum absolute atomic E-state index is 0.191. The Morgan fingerprint density at radius 2 is 2.07 bits per heavy atom. The summed E-state index contributed by atoms with van der Waals surface area (Å²) in [5, 5.41) is 0. The number of rotatable bonds is 4. The summed E-state index contributed by atoms with van der Waals surface area (Å²) in [4.78, 5) is 0. The van der Waals surface area contributed by atoms with Crippen LogP contribution < -0.4 is 4.74 Å². The SMILES string of the molecule is CCCc1cc(OC)c(CCl)cc1F. The Kier molecular flexibility index (Phi) is 4.21. The maximum Gasteiger partial charge on any atom is 0.126 e. The van der Waals surface area contributed by atoms with Gasteiger partial charge in [0, 0.05) is 5.56 Å². The van der Waals surface area contributed by atoms with Crippen molar-refractivity contribution in [3.8, 4) is 5.75 Å². The molecule has 1 nitrogen and oxygen atoms in total. The summed E-state index contributed by atoms with van der Waals surface area (Å²) in [5.74, 6) is 0.750. The predicted octanol–water partition coefficient (Wildman–Crippen LogP) is 3.53. The molecule has 0 aliphatic rings. The number of hydrogen-bond acceptors (Lipinski definition) is 1. The molecule has 0 aliphatic carbocycles. The molecular formula is C11H14ClFO. The van der Waals surface area contributed by atoms with Crippen molar-refractivity contribution in [3.05, 3.63) is 29.1 Å². The molecule has 0 saturated heterocycles. The number of hydrogen-bond donors (Lipinski definition) is 0. The lowest BCUT2D eigenvalue weighted by Gasteiger charge is -2.09. The average molecular weight is 217 g/mol. The third kappa shape index (κ3) is 2.38. The highest BCUT2D eigenvalue weighted by molar-refractivity contribution is 6.17. The molecule has 1 aromatic carbocycles. The minimum atomic E-state index is -0.191. The second-order valence-corrected chi connectivity index (χ2v) is 3.41. The molecule has 0 fully saturated rings. The quantitative estimate of drug-likeness (QED) is 0.700. The lowest BCUT2D eigenvalue weighted by Crippen LogP contribution is -1.96. The van der Waals surface area contributed by atoms with Gasteiger partial charge in [-0.25, -0.2) is 4.39 Å². The summed E-state index contributed by atoms with van der Waals surface area (Å²) in [6.45, 7) is 2.02. The van der Waals surface area contributed by atoms with Crippen molar-refractivity contribution in [2.24, 2.45) is 0 Å². The molecule has 0 bridgehead atoms. The van der Waals surface area contributed by atoms with Gasteiger partial charge in [0.05, 0.1) is 13.0 Å². The van der Waals surface area contributed by atoms with E-state index in [-0.39, 0.29) is 11.7 Å². The Labute approximate surface area is 88.8 Å². The molecule has 78 valence electrons. The van der Waals surface area contributed by atoms with Gasteiger partial charge in [-0.15, -0.1) is 11.6 Å². The highest BCUT2D eigenvalue weighted by Crippen LogP contribution is 2.25. The molecule has 0 aromatic heterocycles. The fraction of sp³-hybridized carbons (Fsp3) is 0.455. The van der Waals surface area contributed by atoms with E-state index >= 15 is 0 Å². The van der Waals surface area contributed by atoms with E-state index in [0.717, 1.165) is 12.8 Å². The Morgan fingerprint density at radius 1 is 1.36 bits per heavy atom. The number of aryl methyl sites for hydroxylation is 1. The van der Waals surface area contributed by atoms with Gasteiger partial charge in [-0.05, 0) is 24.1 Å². The van der Waals surface area contributed by atoms with Crippen molar-refractivity contribution in [2.75, 3.05) is 7.11 Å². The summed E-state index contributed by atoms with van der Waals surface area (Å²) in [6, 6.07) is 3.19. The van der Waals surface area contributed by atoms with E-state index in [0.29, 0.717) is 16.9 Å². The van der Waals surface area contributed by atoms with Crippen molar-refractivity contribution in [3.63, 3.8) is 0 Å². The van der Waals surface area contributed by atoms with E-state index < -0.39 is 0 Å². The van der Waals surface area contributed by atoms with E-state index in [4.69, 9.17) is 16.3 Å². The third-order valence-electron chi connectivity index (χ3n) is 2.11. The Morgan fingerprint density at radius 3 is 2.57 bits per heavy atom. The molecule has 0 saturated carbocycles.